The molecule has 11 aromatic carbocycles. The molecule has 0 heterocycles. The topological polar surface area (TPSA) is 3.24 Å². The van der Waals surface area contributed by atoms with Crippen molar-refractivity contribution in [3.63, 3.8) is 0 Å². The predicted octanol–water partition coefficient (Wildman–Crippen LogP) is 17.2. The minimum absolute atomic E-state index is 0.471. The lowest BCUT2D eigenvalue weighted by Gasteiger charge is -2.48. The molecular weight excluding hydrogens is 831 g/mol. The highest BCUT2D eigenvalue weighted by Crippen LogP contribution is 2.67. The summed E-state index contributed by atoms with van der Waals surface area (Å²) in [5.74, 6) is 0. The molecule has 0 atom stereocenters. The summed E-state index contributed by atoms with van der Waals surface area (Å²) in [5, 5.41) is 0. The molecule has 11 aromatic rings. The Morgan fingerprint density at radius 2 is 0.522 bits per heavy atom. The number of hydrogen-bond donors (Lipinski definition) is 0. The number of anilines is 3. The lowest BCUT2D eigenvalue weighted by atomic mass is 9.52. The smallest absolute Gasteiger partial charge is 0.0720 e. The molecule has 322 valence electrons. The Balaban J connectivity index is 0.964. The van der Waals surface area contributed by atoms with Crippen LogP contribution < -0.4 is 4.90 Å². The Morgan fingerprint density at radius 3 is 0.957 bits per heavy atom. The maximum Gasteiger partial charge on any atom is 0.0720 e. The van der Waals surface area contributed by atoms with Gasteiger partial charge in [0.1, 0.15) is 0 Å². The standard InChI is InChI=1S/C68H45N/c1-3-21-47(22-4-1)51-25-10-19-37-65(51)69(66-38-20-11-26-52(66)48-23-5-2-6-24-48)50-42-39-46(40-43-50)49-41-44-56-55-29-9-14-32-59(55)68(64(56)45-49)62-35-17-15-33-60(62)67(61-34-16-18-36-63(61)68)57-30-12-7-27-53(57)54-28-8-13-31-58(54)67/h1-45H. The van der Waals surface area contributed by atoms with Gasteiger partial charge in [-0.05, 0) is 119 Å². The zero-order valence-electron chi connectivity index (χ0n) is 37.9. The lowest BCUT2D eigenvalue weighted by Crippen LogP contribution is -2.43. The lowest BCUT2D eigenvalue weighted by molar-refractivity contribution is 0.633. The summed E-state index contributed by atoms with van der Waals surface area (Å²) in [5.41, 5.74) is 25.4. The Labute approximate surface area is 403 Å². The van der Waals surface area contributed by atoms with Crippen LogP contribution in [-0.2, 0) is 10.8 Å². The fourth-order valence-corrected chi connectivity index (χ4v) is 12.7. The Kier molecular flexibility index (Phi) is 8.78. The molecule has 0 radical (unpaired) electrons. The Hall–Kier alpha value is -8.78. The Bertz CT molecular complexity index is 3610. The van der Waals surface area contributed by atoms with Gasteiger partial charge in [0.25, 0.3) is 0 Å². The van der Waals surface area contributed by atoms with Crippen molar-refractivity contribution in [2.75, 3.05) is 4.90 Å². The third-order valence-corrected chi connectivity index (χ3v) is 15.4. The van der Waals surface area contributed by atoms with Gasteiger partial charge in [0.05, 0.1) is 22.2 Å². The second-order valence-corrected chi connectivity index (χ2v) is 18.6. The number of fused-ring (bicyclic) bond motifs is 16. The summed E-state index contributed by atoms with van der Waals surface area (Å²) >= 11 is 0. The van der Waals surface area contributed by atoms with Crippen LogP contribution in [0.5, 0.6) is 0 Å². The fourth-order valence-electron chi connectivity index (χ4n) is 12.7. The van der Waals surface area contributed by atoms with Gasteiger partial charge >= 0.3 is 0 Å². The van der Waals surface area contributed by atoms with Crippen molar-refractivity contribution in [3.05, 3.63) is 317 Å². The summed E-state index contributed by atoms with van der Waals surface area (Å²) in [4.78, 5) is 2.44. The van der Waals surface area contributed by atoms with Gasteiger partial charge in [-0.1, -0.05) is 243 Å². The maximum absolute atomic E-state index is 2.51. The van der Waals surface area contributed by atoms with E-state index < -0.39 is 10.8 Å². The van der Waals surface area contributed by atoms with E-state index in [1.807, 2.05) is 0 Å². The van der Waals surface area contributed by atoms with Crippen molar-refractivity contribution in [2.45, 2.75) is 10.8 Å². The average molecular weight is 876 g/mol. The van der Waals surface area contributed by atoms with E-state index in [4.69, 9.17) is 0 Å². The molecule has 0 saturated heterocycles. The number of hydrogen-bond acceptors (Lipinski definition) is 1. The van der Waals surface area contributed by atoms with Gasteiger partial charge in [-0.15, -0.1) is 0 Å². The molecule has 0 unspecified atom stereocenters. The van der Waals surface area contributed by atoms with Crippen molar-refractivity contribution >= 4 is 17.1 Å². The molecule has 14 rings (SSSR count). The van der Waals surface area contributed by atoms with Crippen molar-refractivity contribution in [3.8, 4) is 55.6 Å². The van der Waals surface area contributed by atoms with E-state index in [0.717, 1.165) is 17.1 Å². The van der Waals surface area contributed by atoms with Gasteiger partial charge in [-0.25, -0.2) is 0 Å². The SMILES string of the molecule is c1ccc(-c2ccccc2N(c2ccc(-c3ccc4c(c3)C3(c5ccccc5-4)c4ccccc4C4(c5ccccc5-c5ccccc54)c4ccccc43)cc2)c2ccccc2-c2ccccc2)cc1. The molecule has 0 N–H and O–H groups in total. The molecule has 0 aliphatic heterocycles. The first-order valence-electron chi connectivity index (χ1n) is 24.1. The Morgan fingerprint density at radius 1 is 0.203 bits per heavy atom. The van der Waals surface area contributed by atoms with E-state index in [1.165, 1.54) is 100 Å². The van der Waals surface area contributed by atoms with Gasteiger partial charge in [0.15, 0.2) is 0 Å². The highest BCUT2D eigenvalue weighted by Gasteiger charge is 2.58. The summed E-state index contributed by atoms with van der Waals surface area (Å²) in [6, 6.07) is 102. The number of nitrogens with zero attached hydrogens (tertiary/aromatic N) is 1. The van der Waals surface area contributed by atoms with Gasteiger partial charge in [0.2, 0.25) is 0 Å². The van der Waals surface area contributed by atoms with Gasteiger partial charge < -0.3 is 4.90 Å². The molecule has 1 nitrogen and oxygen atoms in total. The highest BCUT2D eigenvalue weighted by molar-refractivity contribution is 5.96. The normalized spacial score (nSPS) is 13.7. The van der Waals surface area contributed by atoms with Gasteiger partial charge in [-0.2, -0.15) is 0 Å². The maximum atomic E-state index is 2.51. The summed E-state index contributed by atoms with van der Waals surface area (Å²) < 4.78 is 0. The molecule has 0 aromatic heterocycles. The van der Waals surface area contributed by atoms with Crippen LogP contribution in [0, 0.1) is 0 Å². The van der Waals surface area contributed by atoms with Gasteiger partial charge in [0, 0.05) is 16.8 Å². The minimum atomic E-state index is -0.550. The second-order valence-electron chi connectivity index (χ2n) is 18.6. The van der Waals surface area contributed by atoms with E-state index in [0.29, 0.717) is 0 Å². The summed E-state index contributed by atoms with van der Waals surface area (Å²) in [7, 11) is 0. The molecule has 3 aliphatic rings. The number of benzene rings is 11. The van der Waals surface area contributed by atoms with Crippen LogP contribution in [0.4, 0.5) is 17.1 Å². The molecule has 0 amide bonds. The molecule has 69 heavy (non-hydrogen) atoms. The fraction of sp³-hybridized carbons (Fsp3) is 0.0294. The molecule has 2 spiro atoms. The predicted molar refractivity (Wildman–Crippen MR) is 286 cm³/mol. The first kappa shape index (κ1) is 39.4. The first-order valence-corrected chi connectivity index (χ1v) is 24.1. The van der Waals surface area contributed by atoms with Crippen molar-refractivity contribution in [1.82, 2.24) is 0 Å². The molecule has 3 aliphatic carbocycles. The average Bonchev–Trinajstić information content (AvgIpc) is 3.89. The molecule has 0 bridgehead atoms. The zero-order valence-corrected chi connectivity index (χ0v) is 37.9. The van der Waals surface area contributed by atoms with Crippen LogP contribution in [0.15, 0.2) is 273 Å². The quantitative estimate of drug-likeness (QED) is 0.161. The van der Waals surface area contributed by atoms with E-state index >= 15 is 0 Å². The number of para-hydroxylation sites is 2. The number of rotatable bonds is 6. The third kappa shape index (κ3) is 5.53. The molecule has 0 fully saturated rings. The monoisotopic (exact) mass is 875 g/mol. The summed E-state index contributed by atoms with van der Waals surface area (Å²) in [6.07, 6.45) is 0. The minimum Gasteiger partial charge on any atom is -0.309 e. The first-order chi connectivity index (χ1) is 34.3. The second kappa shape index (κ2) is 15.4. The van der Waals surface area contributed by atoms with Gasteiger partial charge in [-0.3, -0.25) is 0 Å². The van der Waals surface area contributed by atoms with E-state index in [1.54, 1.807) is 0 Å². The van der Waals surface area contributed by atoms with E-state index in [2.05, 4.69) is 278 Å². The summed E-state index contributed by atoms with van der Waals surface area (Å²) in [6.45, 7) is 0. The molecule has 1 heteroatoms. The van der Waals surface area contributed by atoms with Crippen molar-refractivity contribution in [2.24, 2.45) is 0 Å². The molecular formula is C68H45N. The van der Waals surface area contributed by atoms with Crippen LogP contribution in [0.2, 0.25) is 0 Å². The largest absolute Gasteiger partial charge is 0.309 e. The highest BCUT2D eigenvalue weighted by atomic mass is 15.1. The van der Waals surface area contributed by atoms with Crippen molar-refractivity contribution in [1.29, 1.82) is 0 Å². The van der Waals surface area contributed by atoms with Crippen LogP contribution in [0.25, 0.3) is 55.6 Å². The van der Waals surface area contributed by atoms with Crippen LogP contribution in [-0.4, -0.2) is 0 Å². The van der Waals surface area contributed by atoms with Crippen LogP contribution in [0.1, 0.15) is 44.5 Å². The van der Waals surface area contributed by atoms with Crippen LogP contribution >= 0.6 is 0 Å². The van der Waals surface area contributed by atoms with E-state index in [9.17, 15) is 0 Å². The third-order valence-electron chi connectivity index (χ3n) is 15.4. The van der Waals surface area contributed by atoms with Crippen molar-refractivity contribution < 1.29 is 0 Å². The van der Waals surface area contributed by atoms with E-state index in [-0.39, 0.29) is 0 Å². The zero-order chi connectivity index (χ0) is 45.5. The molecule has 0 saturated carbocycles. The van der Waals surface area contributed by atoms with Crippen LogP contribution in [0.3, 0.4) is 0 Å².